The van der Waals surface area contributed by atoms with Crippen LogP contribution in [0.15, 0.2) is 33.9 Å². The van der Waals surface area contributed by atoms with E-state index in [0.717, 1.165) is 124 Å². The Balaban J connectivity index is 0.000000133. The Morgan fingerprint density at radius 3 is 1.71 bits per heavy atom. The minimum Gasteiger partial charge on any atom is -0.479 e. The van der Waals surface area contributed by atoms with Crippen LogP contribution in [0.1, 0.15) is 54.9 Å². The average molecular weight is 1010 g/mol. The summed E-state index contributed by atoms with van der Waals surface area (Å²) >= 11 is 17.4. The molecule has 0 spiro atoms. The van der Waals surface area contributed by atoms with Gasteiger partial charge in [-0.15, -0.1) is 0 Å². The van der Waals surface area contributed by atoms with E-state index in [1.807, 2.05) is 31.2 Å². The van der Waals surface area contributed by atoms with E-state index in [1.165, 1.54) is 0 Å². The first-order valence-corrected chi connectivity index (χ1v) is 24.1. The van der Waals surface area contributed by atoms with Crippen molar-refractivity contribution in [2.75, 3.05) is 101 Å². The first-order chi connectivity index (χ1) is 33.6. The Bertz CT molecular complexity index is 2680. The molecule has 0 aliphatic carbocycles. The number of carbonyl (C=O) groups excluding carboxylic acids is 1. The van der Waals surface area contributed by atoms with Gasteiger partial charge in [-0.2, -0.15) is 15.0 Å². The molecule has 4 aromatic heterocycles. The maximum atomic E-state index is 11.7. The first kappa shape index (κ1) is 49.4. The number of halogens is 3. The number of H-pyrrole nitrogens is 2. The van der Waals surface area contributed by atoms with Crippen molar-refractivity contribution >= 4 is 58.2 Å². The number of ether oxygens (including phenoxy) is 6. The van der Waals surface area contributed by atoms with Crippen molar-refractivity contribution in [1.29, 1.82) is 0 Å². The molecule has 0 atom stereocenters. The maximum absolute atomic E-state index is 11.7. The standard InChI is InChI=1S/C20H25N5O3.C11H14ClN3O2.C7H6Cl2N2O.C7H8N2O3/c1-2-21-20(26)22-15-7-5-14(6-8-15)17-23-18(25-9-12-27-13-10-25)16-4-3-11-28-19(16)24-17;12-11-13-9(15-3-6-16-7-4-15)8-2-1-5-17-10(8)14-11;8-5-4-2-1-3-12-6(4)11-7(9)10-5;10-5-4-2-1-3-12-6(4)9-7(11)8-5/h5-8H,2-4,9-13H2,1H3,(H2,21,22,26);1-7H2;1-3H2;1-3H2,(H2,8,9,10,11). The molecule has 1 aromatic carbocycles. The number of hydrogen-bond acceptors (Lipinski definition) is 17. The van der Waals surface area contributed by atoms with Gasteiger partial charge in [-0.25, -0.2) is 24.5 Å². The lowest BCUT2D eigenvalue weighted by Crippen LogP contribution is -2.38. The SMILES string of the molecule is CCNC(=O)Nc1ccc(-c2nc3c(c(N4CCOCC4)n2)CCCO3)cc1.Clc1nc(Cl)c2c(n1)OCCC2.Clc1nc2c(c(N3CCOCC3)n1)CCCO2.O=c1[nH]c2c(c(=O)[nH]1)CCCO2. The molecule has 0 saturated carbocycles. The summed E-state index contributed by atoms with van der Waals surface area (Å²) in [5.74, 6) is 4.70. The highest BCUT2D eigenvalue weighted by atomic mass is 35.5. The van der Waals surface area contributed by atoms with Crippen molar-refractivity contribution in [3.63, 3.8) is 0 Å². The molecule has 21 nitrogen and oxygen atoms in total. The number of amides is 2. The third-order valence-electron chi connectivity index (χ3n) is 11.4. The van der Waals surface area contributed by atoms with Gasteiger partial charge in [-0.05, 0) is 106 Å². The fourth-order valence-electron chi connectivity index (χ4n) is 8.06. The number of nitrogens with one attached hydrogen (secondary N) is 4. The number of benzene rings is 1. The fraction of sp³-hybridized carbons (Fsp3) is 0.489. The molecule has 4 N–H and O–H groups in total. The molecule has 2 fully saturated rings. The van der Waals surface area contributed by atoms with E-state index in [2.05, 4.69) is 55.3 Å². The van der Waals surface area contributed by atoms with Crippen LogP contribution in [0.4, 0.5) is 22.1 Å². The predicted molar refractivity (Wildman–Crippen MR) is 258 cm³/mol. The molecule has 0 unspecified atom stereocenters. The lowest BCUT2D eigenvalue weighted by atomic mass is 10.1. The minimum atomic E-state index is -0.513. The Kier molecular flexibility index (Phi) is 17.2. The third-order valence-corrected chi connectivity index (χ3v) is 12.0. The summed E-state index contributed by atoms with van der Waals surface area (Å²) in [6, 6.07) is 7.30. The summed E-state index contributed by atoms with van der Waals surface area (Å²) in [7, 11) is 0. The van der Waals surface area contributed by atoms with E-state index >= 15 is 0 Å². The summed E-state index contributed by atoms with van der Waals surface area (Å²) in [6.45, 7) is 11.3. The van der Waals surface area contributed by atoms with Crippen LogP contribution in [0.2, 0.25) is 15.7 Å². The van der Waals surface area contributed by atoms with E-state index in [9.17, 15) is 14.4 Å². The van der Waals surface area contributed by atoms with E-state index in [-0.39, 0.29) is 22.2 Å². The van der Waals surface area contributed by atoms with E-state index < -0.39 is 5.69 Å². The Labute approximate surface area is 411 Å². The number of aromatic amines is 2. The van der Waals surface area contributed by atoms with Gasteiger partial charge in [0.25, 0.3) is 5.56 Å². The number of anilines is 3. The third kappa shape index (κ3) is 13.0. The second kappa shape index (κ2) is 24.0. The molecule has 24 heteroatoms. The van der Waals surface area contributed by atoms with Gasteiger partial charge in [0, 0.05) is 44.0 Å². The number of urea groups is 1. The second-order valence-corrected chi connectivity index (χ2v) is 17.1. The quantitative estimate of drug-likeness (QED) is 0.130. The van der Waals surface area contributed by atoms with Crippen LogP contribution in [0.3, 0.4) is 0 Å². The van der Waals surface area contributed by atoms with E-state index in [0.29, 0.717) is 92.7 Å². The van der Waals surface area contributed by atoms with Crippen molar-refractivity contribution in [2.24, 2.45) is 0 Å². The lowest BCUT2D eigenvalue weighted by molar-refractivity contribution is 0.122. The molecular formula is C45H53Cl3N12O9. The lowest BCUT2D eigenvalue weighted by Gasteiger charge is -2.31. The summed E-state index contributed by atoms with van der Waals surface area (Å²) in [5.41, 5.74) is 4.33. The number of rotatable bonds is 5. The molecule has 2 amide bonds. The van der Waals surface area contributed by atoms with Crippen molar-refractivity contribution < 1.29 is 33.2 Å². The van der Waals surface area contributed by atoms with Gasteiger partial charge in [0.1, 0.15) is 16.8 Å². The van der Waals surface area contributed by atoms with Gasteiger partial charge in [-0.3, -0.25) is 14.8 Å². The largest absolute Gasteiger partial charge is 0.479 e. The molecule has 5 aromatic rings. The zero-order chi connectivity index (χ0) is 48.1. The topological polar surface area (TPSA) is 246 Å². The van der Waals surface area contributed by atoms with Crippen LogP contribution >= 0.6 is 34.8 Å². The van der Waals surface area contributed by atoms with Gasteiger partial charge in [0.15, 0.2) is 5.82 Å². The fourth-order valence-corrected chi connectivity index (χ4v) is 8.67. The zero-order valence-electron chi connectivity index (χ0n) is 38.0. The average Bonchev–Trinajstić information content (AvgIpc) is 3.37. The highest BCUT2D eigenvalue weighted by Gasteiger charge is 2.26. The summed E-state index contributed by atoms with van der Waals surface area (Å²) < 4.78 is 32.6. The molecule has 6 aliphatic rings. The Morgan fingerprint density at radius 2 is 1.12 bits per heavy atom. The van der Waals surface area contributed by atoms with Gasteiger partial charge in [-0.1, -0.05) is 11.6 Å². The van der Waals surface area contributed by atoms with E-state index in [1.54, 1.807) is 0 Å². The smallest absolute Gasteiger partial charge is 0.328 e. The van der Waals surface area contributed by atoms with E-state index in [4.69, 9.17) is 68.2 Å². The first-order valence-electron chi connectivity index (χ1n) is 23.0. The Morgan fingerprint density at radius 1 is 0.609 bits per heavy atom. The summed E-state index contributed by atoms with van der Waals surface area (Å²) in [6.07, 6.45) is 7.19. The molecule has 11 rings (SSSR count). The maximum Gasteiger partial charge on any atom is 0.328 e. The van der Waals surface area contributed by atoms with Gasteiger partial charge >= 0.3 is 11.7 Å². The van der Waals surface area contributed by atoms with Crippen molar-refractivity contribution in [3.05, 3.63) is 83.1 Å². The summed E-state index contributed by atoms with van der Waals surface area (Å²) in [4.78, 5) is 68.4. The Hall–Kier alpha value is -6.00. The molecule has 10 heterocycles. The van der Waals surface area contributed by atoms with Crippen molar-refractivity contribution in [3.8, 4) is 34.9 Å². The number of nitrogens with zero attached hydrogens (tertiary/aromatic N) is 8. The zero-order valence-corrected chi connectivity index (χ0v) is 40.3. The predicted octanol–water partition coefficient (Wildman–Crippen LogP) is 5.23. The monoisotopic (exact) mass is 1010 g/mol. The summed E-state index contributed by atoms with van der Waals surface area (Å²) in [5, 5.41) is 6.31. The molecule has 368 valence electrons. The van der Waals surface area contributed by atoms with Gasteiger partial charge < -0.3 is 48.9 Å². The molecule has 0 radical (unpaired) electrons. The minimum absolute atomic E-state index is 0.139. The van der Waals surface area contributed by atoms with Gasteiger partial charge in [0.2, 0.25) is 34.1 Å². The number of hydrogen-bond donors (Lipinski definition) is 4. The molecular weight excluding hydrogens is 959 g/mol. The van der Waals surface area contributed by atoms with Crippen LogP contribution in [-0.2, 0) is 35.2 Å². The molecule has 6 aliphatic heterocycles. The highest BCUT2D eigenvalue weighted by Crippen LogP contribution is 2.35. The van der Waals surface area contributed by atoms with Crippen LogP contribution < -0.4 is 50.6 Å². The number of morpholine rings is 2. The molecule has 2 saturated heterocycles. The van der Waals surface area contributed by atoms with Crippen LogP contribution in [0.25, 0.3) is 11.4 Å². The van der Waals surface area contributed by atoms with Gasteiger partial charge in [0.05, 0.1) is 75.1 Å². The van der Waals surface area contributed by atoms with Crippen LogP contribution in [0, 0.1) is 0 Å². The number of carbonyl (C=O) groups is 1. The molecule has 69 heavy (non-hydrogen) atoms. The highest BCUT2D eigenvalue weighted by molar-refractivity contribution is 6.32. The second-order valence-electron chi connectivity index (χ2n) is 16.1. The number of aromatic nitrogens is 8. The number of fused-ring (bicyclic) bond motifs is 4. The van der Waals surface area contributed by atoms with Crippen LogP contribution in [-0.4, -0.2) is 131 Å². The van der Waals surface area contributed by atoms with Crippen LogP contribution in [0.5, 0.6) is 23.5 Å². The normalized spacial score (nSPS) is 16.6. The molecule has 0 bridgehead atoms. The van der Waals surface area contributed by atoms with Crippen molar-refractivity contribution in [2.45, 2.75) is 58.3 Å². The van der Waals surface area contributed by atoms with Crippen molar-refractivity contribution in [1.82, 2.24) is 45.2 Å².